The highest BCUT2D eigenvalue weighted by Crippen LogP contribution is 2.49. The number of ether oxygens (including phenoxy) is 1. The highest BCUT2D eigenvalue weighted by atomic mass is 16.5. The third-order valence-corrected chi connectivity index (χ3v) is 5.42. The van der Waals surface area contributed by atoms with Gasteiger partial charge in [-0.1, -0.05) is 67.6 Å². The summed E-state index contributed by atoms with van der Waals surface area (Å²) < 4.78 is 6.03. The quantitative estimate of drug-likeness (QED) is 0.560. The molecule has 25 heavy (non-hydrogen) atoms. The van der Waals surface area contributed by atoms with Crippen LogP contribution in [-0.2, 0) is 9.53 Å². The largest absolute Gasteiger partial charge is 0.452 e. The first-order chi connectivity index (χ1) is 12.0. The predicted molar refractivity (Wildman–Crippen MR) is 101 cm³/mol. The van der Waals surface area contributed by atoms with Crippen molar-refractivity contribution in [1.82, 2.24) is 0 Å². The van der Waals surface area contributed by atoms with Gasteiger partial charge in [0.1, 0.15) is 0 Å². The maximum atomic E-state index is 12.7. The van der Waals surface area contributed by atoms with Gasteiger partial charge in [-0.15, -0.1) is 0 Å². The lowest BCUT2D eigenvalue weighted by Gasteiger charge is -2.24. The predicted octanol–water partition coefficient (Wildman–Crippen LogP) is 5.89. The summed E-state index contributed by atoms with van der Waals surface area (Å²) in [7, 11) is 0. The zero-order valence-electron chi connectivity index (χ0n) is 14.9. The van der Waals surface area contributed by atoms with Gasteiger partial charge in [-0.3, -0.25) is 4.79 Å². The van der Waals surface area contributed by atoms with E-state index in [0.29, 0.717) is 0 Å². The average Bonchev–Trinajstić information content (AvgIpc) is 2.96. The van der Waals surface area contributed by atoms with Gasteiger partial charge in [0.15, 0.2) is 6.10 Å². The van der Waals surface area contributed by atoms with Crippen LogP contribution in [-0.4, -0.2) is 5.97 Å². The molecule has 126 valence electrons. The number of esters is 1. The molecule has 0 spiro atoms. The van der Waals surface area contributed by atoms with Gasteiger partial charge < -0.3 is 4.74 Å². The molecule has 4 rings (SSSR count). The van der Waals surface area contributed by atoms with Crippen LogP contribution in [0.15, 0.2) is 60.7 Å². The van der Waals surface area contributed by atoms with Crippen LogP contribution in [0.5, 0.6) is 0 Å². The minimum Gasteiger partial charge on any atom is -0.452 e. The molecule has 1 unspecified atom stereocenters. The maximum absolute atomic E-state index is 12.7. The van der Waals surface area contributed by atoms with Crippen LogP contribution >= 0.6 is 0 Å². The molecular formula is C23H22O2. The Hall–Kier alpha value is -2.61. The fraction of sp³-hybridized carbons (Fsp3) is 0.261. The minimum atomic E-state index is -0.478. The van der Waals surface area contributed by atoms with Gasteiger partial charge in [-0.05, 0) is 42.2 Å². The highest BCUT2D eigenvalue weighted by Gasteiger charge is 2.36. The summed E-state index contributed by atoms with van der Waals surface area (Å²) in [6.45, 7) is 5.90. The van der Waals surface area contributed by atoms with Crippen LogP contribution in [0, 0.1) is 5.41 Å². The molecule has 0 aromatic heterocycles. The summed E-state index contributed by atoms with van der Waals surface area (Å²) in [5, 5.41) is 2.41. The zero-order valence-corrected chi connectivity index (χ0v) is 14.9. The molecule has 2 nitrogen and oxygen atoms in total. The molecule has 3 aromatic rings. The Morgan fingerprint density at radius 1 is 0.960 bits per heavy atom. The summed E-state index contributed by atoms with van der Waals surface area (Å²) in [4.78, 5) is 12.7. The first kappa shape index (κ1) is 15.9. The molecule has 1 aliphatic carbocycles. The Bertz CT molecular complexity index is 969. The van der Waals surface area contributed by atoms with Gasteiger partial charge in [-0.2, -0.15) is 0 Å². The van der Waals surface area contributed by atoms with Crippen molar-refractivity contribution < 1.29 is 9.53 Å². The van der Waals surface area contributed by atoms with E-state index in [1.165, 1.54) is 21.9 Å². The van der Waals surface area contributed by atoms with Crippen molar-refractivity contribution in [2.24, 2.45) is 5.41 Å². The standard InChI is InChI=1S/C23H22O2/c1-4-23(2,3)22(24)25-21-18-12-8-7-11-17(18)20-16-10-6-5-9-15(16)13-14-19(20)21/h5-14,21H,4H2,1-3H3. The van der Waals surface area contributed by atoms with Crippen LogP contribution < -0.4 is 0 Å². The van der Waals surface area contributed by atoms with Gasteiger partial charge in [0.2, 0.25) is 0 Å². The van der Waals surface area contributed by atoms with Gasteiger partial charge in [0, 0.05) is 11.1 Å². The van der Waals surface area contributed by atoms with Crippen LogP contribution in [0.25, 0.3) is 21.9 Å². The molecule has 2 heteroatoms. The average molecular weight is 330 g/mol. The molecule has 1 atom stereocenters. The van der Waals surface area contributed by atoms with Crippen molar-refractivity contribution in [3.63, 3.8) is 0 Å². The third kappa shape index (κ3) is 2.44. The number of fused-ring (bicyclic) bond motifs is 5. The fourth-order valence-electron chi connectivity index (χ4n) is 3.47. The SMILES string of the molecule is CCC(C)(C)C(=O)OC1c2ccccc2-c2c1ccc1ccccc21. The molecule has 0 fully saturated rings. The second-order valence-corrected chi connectivity index (χ2v) is 7.36. The van der Waals surface area contributed by atoms with Crippen LogP contribution in [0.3, 0.4) is 0 Å². The molecule has 0 bridgehead atoms. The molecule has 0 N–H and O–H groups in total. The summed E-state index contributed by atoms with van der Waals surface area (Å²) in [5.41, 5.74) is 4.05. The number of hydrogen-bond acceptors (Lipinski definition) is 2. The highest BCUT2D eigenvalue weighted by molar-refractivity contribution is 6.01. The van der Waals surface area contributed by atoms with E-state index in [2.05, 4.69) is 48.5 Å². The Balaban J connectivity index is 1.89. The maximum Gasteiger partial charge on any atom is 0.312 e. The molecule has 0 saturated carbocycles. The zero-order chi connectivity index (χ0) is 17.6. The molecule has 0 aliphatic heterocycles. The van der Waals surface area contributed by atoms with E-state index in [1.54, 1.807) is 0 Å². The van der Waals surface area contributed by atoms with Crippen LogP contribution in [0.4, 0.5) is 0 Å². The second kappa shape index (κ2) is 5.73. The van der Waals surface area contributed by atoms with E-state index < -0.39 is 5.41 Å². The Morgan fingerprint density at radius 2 is 1.68 bits per heavy atom. The Labute approximate surface area is 148 Å². The molecule has 0 heterocycles. The van der Waals surface area contributed by atoms with Crippen LogP contribution in [0.1, 0.15) is 44.4 Å². The number of carbonyl (C=O) groups is 1. The van der Waals surface area contributed by atoms with E-state index in [1.807, 2.05) is 32.9 Å². The van der Waals surface area contributed by atoms with Crippen molar-refractivity contribution in [2.45, 2.75) is 33.3 Å². The third-order valence-electron chi connectivity index (χ3n) is 5.42. The molecule has 0 radical (unpaired) electrons. The summed E-state index contributed by atoms with van der Waals surface area (Å²) in [6.07, 6.45) is 0.430. The summed E-state index contributed by atoms with van der Waals surface area (Å²) >= 11 is 0. The first-order valence-electron chi connectivity index (χ1n) is 8.85. The van der Waals surface area contributed by atoms with Crippen molar-refractivity contribution in [3.8, 4) is 11.1 Å². The van der Waals surface area contributed by atoms with Crippen LogP contribution in [0.2, 0.25) is 0 Å². The van der Waals surface area contributed by atoms with Gasteiger partial charge in [0.25, 0.3) is 0 Å². The van der Waals surface area contributed by atoms with E-state index >= 15 is 0 Å². The van der Waals surface area contributed by atoms with Gasteiger partial charge >= 0.3 is 5.97 Å². The molecule has 0 saturated heterocycles. The van der Waals surface area contributed by atoms with Crippen molar-refractivity contribution in [2.75, 3.05) is 0 Å². The number of carbonyl (C=O) groups excluding carboxylic acids is 1. The minimum absolute atomic E-state index is 0.143. The normalized spacial score (nSPS) is 15.7. The lowest BCUT2D eigenvalue weighted by Crippen LogP contribution is -2.27. The molecule has 0 amide bonds. The lowest BCUT2D eigenvalue weighted by molar-refractivity contribution is -0.158. The summed E-state index contributed by atoms with van der Waals surface area (Å²) in [6, 6.07) is 20.9. The molecular weight excluding hydrogens is 308 g/mol. The summed E-state index contributed by atoms with van der Waals surface area (Å²) in [5.74, 6) is -0.143. The molecule has 3 aromatic carbocycles. The van der Waals surface area contributed by atoms with Crippen molar-refractivity contribution in [3.05, 3.63) is 71.8 Å². The second-order valence-electron chi connectivity index (χ2n) is 7.36. The molecule has 1 aliphatic rings. The Morgan fingerprint density at radius 3 is 2.48 bits per heavy atom. The first-order valence-corrected chi connectivity index (χ1v) is 8.85. The van der Waals surface area contributed by atoms with Crippen molar-refractivity contribution >= 4 is 16.7 Å². The number of hydrogen-bond donors (Lipinski definition) is 0. The topological polar surface area (TPSA) is 26.3 Å². The van der Waals surface area contributed by atoms with Crippen molar-refractivity contribution in [1.29, 1.82) is 0 Å². The van der Waals surface area contributed by atoms with Gasteiger partial charge in [-0.25, -0.2) is 0 Å². The number of rotatable bonds is 3. The van der Waals surface area contributed by atoms with E-state index in [9.17, 15) is 4.79 Å². The smallest absolute Gasteiger partial charge is 0.312 e. The Kier molecular flexibility index (Phi) is 3.64. The van der Waals surface area contributed by atoms with E-state index in [0.717, 1.165) is 17.5 Å². The van der Waals surface area contributed by atoms with E-state index in [4.69, 9.17) is 4.74 Å². The fourth-order valence-corrected chi connectivity index (χ4v) is 3.47. The van der Waals surface area contributed by atoms with Gasteiger partial charge in [0.05, 0.1) is 5.41 Å². The lowest BCUT2D eigenvalue weighted by atomic mass is 9.90. The monoisotopic (exact) mass is 330 g/mol. The van der Waals surface area contributed by atoms with E-state index in [-0.39, 0.29) is 12.1 Å². The number of benzene rings is 3.